The van der Waals surface area contributed by atoms with Crippen LogP contribution >= 0.6 is 0 Å². The Morgan fingerprint density at radius 1 is 1.11 bits per heavy atom. The molecule has 0 radical (unpaired) electrons. The van der Waals surface area contributed by atoms with Crippen molar-refractivity contribution in [2.75, 3.05) is 46.7 Å². The summed E-state index contributed by atoms with van der Waals surface area (Å²) in [6, 6.07) is 4.02. The highest BCUT2D eigenvalue weighted by Crippen LogP contribution is 2.01. The third-order valence-corrected chi connectivity index (χ3v) is 2.64. The Hall–Kier alpha value is -1.01. The third kappa shape index (κ3) is 7.89. The van der Waals surface area contributed by atoms with Gasteiger partial charge in [-0.3, -0.25) is 4.98 Å². The number of pyridine rings is 1. The van der Waals surface area contributed by atoms with Crippen molar-refractivity contribution in [1.29, 1.82) is 0 Å². The summed E-state index contributed by atoms with van der Waals surface area (Å²) in [7, 11) is 1.66. The Labute approximate surface area is 115 Å². The predicted octanol–water partition coefficient (Wildman–Crippen LogP) is 1.16. The van der Waals surface area contributed by atoms with E-state index in [9.17, 15) is 0 Å². The zero-order valence-electron chi connectivity index (χ0n) is 11.9. The summed E-state index contributed by atoms with van der Waals surface area (Å²) in [5.74, 6) is 0. The molecule has 0 atom stereocenters. The number of hydrogen-bond acceptors (Lipinski definition) is 5. The van der Waals surface area contributed by atoms with Crippen molar-refractivity contribution in [1.82, 2.24) is 10.3 Å². The molecular weight excluding hydrogens is 244 g/mol. The van der Waals surface area contributed by atoms with Gasteiger partial charge in [0, 0.05) is 26.4 Å². The van der Waals surface area contributed by atoms with E-state index < -0.39 is 0 Å². The average molecular weight is 268 g/mol. The molecule has 1 aromatic rings. The molecule has 1 heterocycles. The van der Waals surface area contributed by atoms with Gasteiger partial charge < -0.3 is 19.5 Å². The Morgan fingerprint density at radius 2 is 1.84 bits per heavy atom. The molecule has 0 saturated heterocycles. The molecule has 1 aromatic heterocycles. The molecule has 5 nitrogen and oxygen atoms in total. The minimum Gasteiger partial charge on any atom is -0.382 e. The predicted molar refractivity (Wildman–Crippen MR) is 74.2 cm³/mol. The highest BCUT2D eigenvalue weighted by atomic mass is 16.5. The molecule has 0 spiro atoms. The Bertz CT molecular complexity index is 334. The second-order valence-corrected chi connectivity index (χ2v) is 4.16. The fraction of sp³-hybridized carbons (Fsp3) is 0.643. The number of nitrogens with zero attached hydrogens (tertiary/aromatic N) is 1. The van der Waals surface area contributed by atoms with Gasteiger partial charge in [0.15, 0.2) is 0 Å². The van der Waals surface area contributed by atoms with Crippen LogP contribution in [0.3, 0.4) is 0 Å². The second-order valence-electron chi connectivity index (χ2n) is 4.16. The minimum absolute atomic E-state index is 0.614. The Balaban J connectivity index is 1.90. The number of rotatable bonds is 11. The summed E-state index contributed by atoms with van der Waals surface area (Å²) < 4.78 is 15.6. The van der Waals surface area contributed by atoms with E-state index in [1.54, 1.807) is 7.11 Å². The van der Waals surface area contributed by atoms with Crippen molar-refractivity contribution in [2.24, 2.45) is 0 Å². The van der Waals surface area contributed by atoms with Gasteiger partial charge in [-0.05, 0) is 18.6 Å². The fourth-order valence-electron chi connectivity index (χ4n) is 1.52. The summed E-state index contributed by atoms with van der Waals surface area (Å²) >= 11 is 0. The lowest BCUT2D eigenvalue weighted by Gasteiger charge is -2.08. The molecule has 0 amide bonds. The third-order valence-electron chi connectivity index (χ3n) is 2.64. The maximum absolute atomic E-state index is 5.43. The number of hydrogen-bond donors (Lipinski definition) is 1. The number of ether oxygens (including phenoxy) is 3. The van der Waals surface area contributed by atoms with Crippen LogP contribution in [0.25, 0.3) is 0 Å². The topological polar surface area (TPSA) is 52.6 Å². The van der Waals surface area contributed by atoms with Crippen LogP contribution in [-0.2, 0) is 20.8 Å². The quantitative estimate of drug-likeness (QED) is 0.610. The first-order valence-electron chi connectivity index (χ1n) is 6.60. The normalized spacial score (nSPS) is 10.8. The molecule has 0 unspecified atom stereocenters. The van der Waals surface area contributed by atoms with E-state index in [0.29, 0.717) is 33.0 Å². The van der Waals surface area contributed by atoms with E-state index in [4.69, 9.17) is 14.2 Å². The van der Waals surface area contributed by atoms with Gasteiger partial charge in [-0.2, -0.15) is 0 Å². The lowest BCUT2D eigenvalue weighted by Crippen LogP contribution is -2.21. The monoisotopic (exact) mass is 268 g/mol. The van der Waals surface area contributed by atoms with Crippen LogP contribution in [0.5, 0.6) is 0 Å². The maximum atomic E-state index is 5.43. The zero-order chi connectivity index (χ0) is 13.8. The number of aromatic nitrogens is 1. The molecule has 0 aromatic carbocycles. The molecule has 0 saturated carbocycles. The molecule has 0 aliphatic heterocycles. The van der Waals surface area contributed by atoms with Gasteiger partial charge in [0.2, 0.25) is 0 Å². The van der Waals surface area contributed by atoms with Crippen molar-refractivity contribution in [3.63, 3.8) is 0 Å². The lowest BCUT2D eigenvalue weighted by molar-refractivity contribution is 0.0255. The van der Waals surface area contributed by atoms with Crippen LogP contribution in [0, 0.1) is 6.92 Å². The zero-order valence-corrected chi connectivity index (χ0v) is 11.9. The summed E-state index contributed by atoms with van der Waals surface area (Å²) in [5.41, 5.74) is 2.30. The molecule has 5 heteroatoms. The highest BCUT2D eigenvalue weighted by Gasteiger charge is 1.97. The van der Waals surface area contributed by atoms with Gasteiger partial charge in [0.05, 0.1) is 38.7 Å². The largest absolute Gasteiger partial charge is 0.382 e. The maximum Gasteiger partial charge on any atom is 0.0701 e. The smallest absolute Gasteiger partial charge is 0.0701 e. The van der Waals surface area contributed by atoms with Crippen molar-refractivity contribution in [3.8, 4) is 0 Å². The Morgan fingerprint density at radius 3 is 2.58 bits per heavy atom. The van der Waals surface area contributed by atoms with Gasteiger partial charge in [0.1, 0.15) is 0 Å². The summed E-state index contributed by atoms with van der Waals surface area (Å²) in [5, 5.41) is 3.31. The first-order valence-corrected chi connectivity index (χ1v) is 6.60. The van der Waals surface area contributed by atoms with Gasteiger partial charge in [-0.15, -0.1) is 0 Å². The van der Waals surface area contributed by atoms with Crippen LogP contribution in [0.2, 0.25) is 0 Å². The molecule has 19 heavy (non-hydrogen) atoms. The number of nitrogens with one attached hydrogen (secondary N) is 1. The van der Waals surface area contributed by atoms with E-state index in [0.717, 1.165) is 18.8 Å². The molecule has 0 aliphatic rings. The van der Waals surface area contributed by atoms with E-state index >= 15 is 0 Å². The van der Waals surface area contributed by atoms with Crippen molar-refractivity contribution in [3.05, 3.63) is 29.6 Å². The minimum atomic E-state index is 0.614. The van der Waals surface area contributed by atoms with Crippen LogP contribution < -0.4 is 5.32 Å². The van der Waals surface area contributed by atoms with Gasteiger partial charge in [-0.25, -0.2) is 0 Å². The number of aryl methyl sites for hydroxylation is 1. The fourth-order valence-corrected chi connectivity index (χ4v) is 1.52. The van der Waals surface area contributed by atoms with E-state index in [-0.39, 0.29) is 0 Å². The van der Waals surface area contributed by atoms with Crippen LogP contribution in [0.15, 0.2) is 18.3 Å². The van der Waals surface area contributed by atoms with Crippen molar-refractivity contribution < 1.29 is 14.2 Å². The standard InChI is InChI=1S/C14H24N2O3/c1-13-4-3-5-16-14(13)12-15-6-7-18-10-11-19-9-8-17-2/h3-5,15H,6-12H2,1-2H3. The van der Waals surface area contributed by atoms with E-state index in [1.165, 1.54) is 5.56 Å². The summed E-state index contributed by atoms with van der Waals surface area (Å²) in [6.45, 7) is 6.82. The molecule has 108 valence electrons. The molecule has 0 bridgehead atoms. The average Bonchev–Trinajstić information content (AvgIpc) is 2.43. The van der Waals surface area contributed by atoms with Crippen molar-refractivity contribution in [2.45, 2.75) is 13.5 Å². The SMILES string of the molecule is COCCOCCOCCNCc1ncccc1C. The number of methoxy groups -OCH3 is 1. The van der Waals surface area contributed by atoms with Crippen LogP contribution in [0.4, 0.5) is 0 Å². The summed E-state index contributed by atoms with van der Waals surface area (Å²) in [4.78, 5) is 4.32. The van der Waals surface area contributed by atoms with Gasteiger partial charge >= 0.3 is 0 Å². The van der Waals surface area contributed by atoms with E-state index in [1.807, 2.05) is 12.3 Å². The molecule has 1 N–H and O–H groups in total. The molecule has 1 rings (SSSR count). The molecule has 0 fully saturated rings. The summed E-state index contributed by atoms with van der Waals surface area (Å²) in [6.07, 6.45) is 1.82. The van der Waals surface area contributed by atoms with Crippen LogP contribution in [0.1, 0.15) is 11.3 Å². The highest BCUT2D eigenvalue weighted by molar-refractivity contribution is 5.17. The second kappa shape index (κ2) is 10.9. The van der Waals surface area contributed by atoms with E-state index in [2.05, 4.69) is 23.3 Å². The first kappa shape index (κ1) is 16.0. The van der Waals surface area contributed by atoms with Gasteiger partial charge in [-0.1, -0.05) is 6.07 Å². The van der Waals surface area contributed by atoms with Crippen molar-refractivity contribution >= 4 is 0 Å². The molecular formula is C14H24N2O3. The van der Waals surface area contributed by atoms with Crippen LogP contribution in [-0.4, -0.2) is 51.7 Å². The molecule has 0 aliphatic carbocycles. The van der Waals surface area contributed by atoms with Gasteiger partial charge in [0.25, 0.3) is 0 Å². The lowest BCUT2D eigenvalue weighted by atomic mass is 10.2. The Kier molecular flexibility index (Phi) is 9.18. The first-order chi connectivity index (χ1) is 9.34.